The van der Waals surface area contributed by atoms with Gasteiger partial charge in [-0.05, 0) is 18.4 Å². The van der Waals surface area contributed by atoms with E-state index in [-0.39, 0.29) is 0 Å². The molecule has 3 rings (SSSR count). The van der Waals surface area contributed by atoms with E-state index in [2.05, 4.69) is 24.4 Å². The van der Waals surface area contributed by atoms with Crippen LogP contribution in [0.25, 0.3) is 11.0 Å². The van der Waals surface area contributed by atoms with Gasteiger partial charge in [-0.25, -0.2) is 0 Å². The summed E-state index contributed by atoms with van der Waals surface area (Å²) < 4.78 is 5.51. The number of para-hydroxylation sites is 1. The van der Waals surface area contributed by atoms with Gasteiger partial charge in [-0.3, -0.25) is 0 Å². The van der Waals surface area contributed by atoms with Gasteiger partial charge in [0.15, 0.2) is 0 Å². The van der Waals surface area contributed by atoms with E-state index in [0.29, 0.717) is 0 Å². The lowest BCUT2D eigenvalue weighted by Crippen LogP contribution is -2.17. The van der Waals surface area contributed by atoms with Crippen molar-refractivity contribution in [2.75, 3.05) is 0 Å². The highest BCUT2D eigenvalue weighted by molar-refractivity contribution is 5.80. The summed E-state index contributed by atoms with van der Waals surface area (Å²) in [4.78, 5) is 0. The van der Waals surface area contributed by atoms with E-state index < -0.39 is 0 Å². The van der Waals surface area contributed by atoms with Crippen LogP contribution in [-0.4, -0.2) is 6.04 Å². The minimum absolute atomic E-state index is 0.735. The van der Waals surface area contributed by atoms with Crippen molar-refractivity contribution in [2.45, 2.75) is 32.4 Å². The molecule has 2 heteroatoms. The van der Waals surface area contributed by atoms with Gasteiger partial charge in [0, 0.05) is 23.5 Å². The van der Waals surface area contributed by atoms with E-state index in [1.54, 1.807) is 0 Å². The lowest BCUT2D eigenvalue weighted by Gasteiger charge is -2.01. The summed E-state index contributed by atoms with van der Waals surface area (Å²) in [6.45, 7) is 3.19. The molecular formula is C14H17NO. The Morgan fingerprint density at radius 3 is 3.06 bits per heavy atom. The molecule has 1 aliphatic carbocycles. The second kappa shape index (κ2) is 3.95. The molecule has 2 nitrogen and oxygen atoms in total. The summed E-state index contributed by atoms with van der Waals surface area (Å²) in [5.41, 5.74) is 2.26. The molecule has 1 fully saturated rings. The predicted molar refractivity (Wildman–Crippen MR) is 65.2 cm³/mol. The fourth-order valence-electron chi connectivity index (χ4n) is 2.36. The molecule has 1 aromatic carbocycles. The van der Waals surface area contributed by atoms with Gasteiger partial charge in [-0.1, -0.05) is 31.5 Å². The van der Waals surface area contributed by atoms with Crippen LogP contribution in [0.15, 0.2) is 34.9 Å². The smallest absolute Gasteiger partial charge is 0.134 e. The van der Waals surface area contributed by atoms with Gasteiger partial charge in [0.2, 0.25) is 0 Å². The Bertz CT molecular complexity index is 488. The van der Waals surface area contributed by atoms with Crippen molar-refractivity contribution in [2.24, 2.45) is 5.92 Å². The SMILES string of the molecule is CCC1CC1NCc1coc2ccccc12. The molecule has 2 unspecified atom stereocenters. The number of hydrogen-bond donors (Lipinski definition) is 1. The Hall–Kier alpha value is -1.28. The summed E-state index contributed by atoms with van der Waals surface area (Å²) >= 11 is 0. The molecule has 1 aliphatic rings. The lowest BCUT2D eigenvalue weighted by molar-refractivity contribution is 0.591. The van der Waals surface area contributed by atoms with Crippen LogP contribution in [0, 0.1) is 5.92 Å². The predicted octanol–water partition coefficient (Wildman–Crippen LogP) is 3.32. The molecule has 1 saturated carbocycles. The van der Waals surface area contributed by atoms with Gasteiger partial charge < -0.3 is 9.73 Å². The number of hydrogen-bond acceptors (Lipinski definition) is 2. The first-order chi connectivity index (χ1) is 7.88. The molecular weight excluding hydrogens is 198 g/mol. The Labute approximate surface area is 95.6 Å². The first-order valence-electron chi connectivity index (χ1n) is 6.07. The average molecular weight is 215 g/mol. The van der Waals surface area contributed by atoms with Crippen LogP contribution in [-0.2, 0) is 6.54 Å². The second-order valence-electron chi connectivity index (χ2n) is 4.65. The van der Waals surface area contributed by atoms with Gasteiger partial charge in [0.1, 0.15) is 5.58 Å². The van der Waals surface area contributed by atoms with Gasteiger partial charge in [0.25, 0.3) is 0 Å². The van der Waals surface area contributed by atoms with Crippen molar-refractivity contribution in [1.29, 1.82) is 0 Å². The fourth-order valence-corrected chi connectivity index (χ4v) is 2.36. The summed E-state index contributed by atoms with van der Waals surface area (Å²) in [6, 6.07) is 8.95. The van der Waals surface area contributed by atoms with E-state index in [0.717, 1.165) is 24.1 Å². The number of benzene rings is 1. The summed E-state index contributed by atoms with van der Waals surface area (Å²) in [5, 5.41) is 4.83. The van der Waals surface area contributed by atoms with E-state index in [1.807, 2.05) is 18.4 Å². The fraction of sp³-hybridized carbons (Fsp3) is 0.429. The van der Waals surface area contributed by atoms with Crippen LogP contribution in [0.1, 0.15) is 25.3 Å². The molecule has 1 N–H and O–H groups in total. The van der Waals surface area contributed by atoms with Gasteiger partial charge in [0.05, 0.1) is 6.26 Å². The van der Waals surface area contributed by atoms with Crippen LogP contribution in [0.4, 0.5) is 0 Å². The number of furan rings is 1. The standard InChI is InChI=1S/C14H17NO/c1-2-10-7-13(10)15-8-11-9-16-14-6-4-3-5-12(11)14/h3-6,9-10,13,15H,2,7-8H2,1H3. The molecule has 84 valence electrons. The largest absolute Gasteiger partial charge is 0.464 e. The van der Waals surface area contributed by atoms with Crippen LogP contribution in [0.3, 0.4) is 0 Å². The molecule has 2 aromatic rings. The zero-order valence-electron chi connectivity index (χ0n) is 9.57. The quantitative estimate of drug-likeness (QED) is 0.846. The third-order valence-electron chi connectivity index (χ3n) is 3.56. The Morgan fingerprint density at radius 2 is 2.25 bits per heavy atom. The van der Waals surface area contributed by atoms with Gasteiger partial charge in [-0.2, -0.15) is 0 Å². The summed E-state index contributed by atoms with van der Waals surface area (Å²) in [5.74, 6) is 0.901. The van der Waals surface area contributed by atoms with Gasteiger partial charge in [-0.15, -0.1) is 0 Å². The summed E-state index contributed by atoms with van der Waals surface area (Å²) in [7, 11) is 0. The maximum atomic E-state index is 5.51. The molecule has 0 radical (unpaired) electrons. The van der Waals surface area contributed by atoms with E-state index in [1.165, 1.54) is 23.8 Å². The molecule has 16 heavy (non-hydrogen) atoms. The van der Waals surface area contributed by atoms with Crippen LogP contribution in [0.5, 0.6) is 0 Å². The molecule has 1 heterocycles. The van der Waals surface area contributed by atoms with E-state index in [4.69, 9.17) is 4.42 Å². The maximum absolute atomic E-state index is 5.51. The molecule has 2 atom stereocenters. The minimum atomic E-state index is 0.735. The molecule has 1 aromatic heterocycles. The van der Waals surface area contributed by atoms with Crippen LogP contribution < -0.4 is 5.32 Å². The van der Waals surface area contributed by atoms with Crippen LogP contribution in [0.2, 0.25) is 0 Å². The monoisotopic (exact) mass is 215 g/mol. The van der Waals surface area contributed by atoms with Crippen LogP contribution >= 0.6 is 0 Å². The topological polar surface area (TPSA) is 25.2 Å². The van der Waals surface area contributed by atoms with Crippen molar-refractivity contribution < 1.29 is 4.42 Å². The molecule has 0 amide bonds. The average Bonchev–Trinajstić information content (AvgIpc) is 2.98. The molecule has 0 aliphatic heterocycles. The zero-order valence-corrected chi connectivity index (χ0v) is 9.57. The lowest BCUT2D eigenvalue weighted by atomic mass is 10.2. The number of nitrogens with one attached hydrogen (secondary N) is 1. The Kier molecular flexibility index (Phi) is 2.44. The molecule has 0 bridgehead atoms. The Balaban J connectivity index is 1.70. The maximum Gasteiger partial charge on any atom is 0.134 e. The van der Waals surface area contributed by atoms with Crippen molar-refractivity contribution >= 4 is 11.0 Å². The number of rotatable bonds is 4. The molecule has 0 spiro atoms. The Morgan fingerprint density at radius 1 is 1.38 bits per heavy atom. The first-order valence-corrected chi connectivity index (χ1v) is 6.07. The normalized spacial score (nSPS) is 23.8. The third-order valence-corrected chi connectivity index (χ3v) is 3.56. The number of fused-ring (bicyclic) bond motifs is 1. The highest BCUT2D eigenvalue weighted by Gasteiger charge is 2.34. The molecule has 0 saturated heterocycles. The zero-order chi connectivity index (χ0) is 11.0. The highest BCUT2D eigenvalue weighted by atomic mass is 16.3. The van der Waals surface area contributed by atoms with Gasteiger partial charge >= 0.3 is 0 Å². The highest BCUT2D eigenvalue weighted by Crippen LogP contribution is 2.33. The summed E-state index contributed by atoms with van der Waals surface area (Å²) in [6.07, 6.45) is 4.51. The van der Waals surface area contributed by atoms with Crippen molar-refractivity contribution in [1.82, 2.24) is 5.32 Å². The first kappa shape index (κ1) is 9.91. The van der Waals surface area contributed by atoms with Crippen molar-refractivity contribution in [3.8, 4) is 0 Å². The van der Waals surface area contributed by atoms with Crippen molar-refractivity contribution in [3.63, 3.8) is 0 Å². The third kappa shape index (κ3) is 1.74. The van der Waals surface area contributed by atoms with Crippen molar-refractivity contribution in [3.05, 3.63) is 36.1 Å². The minimum Gasteiger partial charge on any atom is -0.464 e. The van der Waals surface area contributed by atoms with E-state index in [9.17, 15) is 0 Å². The second-order valence-corrected chi connectivity index (χ2v) is 4.65. The van der Waals surface area contributed by atoms with E-state index >= 15 is 0 Å².